The Balaban J connectivity index is 1.97. The summed E-state index contributed by atoms with van der Waals surface area (Å²) in [7, 11) is 0. The molecule has 0 N–H and O–H groups in total. The highest BCUT2D eigenvalue weighted by atomic mass is 32.2. The summed E-state index contributed by atoms with van der Waals surface area (Å²) in [6, 6.07) is 13.6. The molecule has 0 radical (unpaired) electrons. The molecule has 0 aliphatic rings. The van der Waals surface area contributed by atoms with Gasteiger partial charge in [-0.1, -0.05) is 17.7 Å². The van der Waals surface area contributed by atoms with Gasteiger partial charge in [0.2, 0.25) is 0 Å². The fourth-order valence-corrected chi connectivity index (χ4v) is 2.43. The summed E-state index contributed by atoms with van der Waals surface area (Å²) in [6.07, 6.45) is 0. The number of thioether (sulfide) groups is 1. The molecule has 5 heteroatoms. The van der Waals surface area contributed by atoms with E-state index < -0.39 is 4.92 Å². The van der Waals surface area contributed by atoms with Crippen LogP contribution in [0.15, 0.2) is 53.4 Å². The first-order chi connectivity index (χ1) is 9.56. The quantitative estimate of drug-likeness (QED) is 0.362. The van der Waals surface area contributed by atoms with Crippen molar-refractivity contribution in [3.63, 3.8) is 0 Å². The van der Waals surface area contributed by atoms with E-state index in [0.29, 0.717) is 11.3 Å². The molecule has 0 spiro atoms. The molecule has 0 saturated carbocycles. The van der Waals surface area contributed by atoms with Gasteiger partial charge in [-0.05, 0) is 31.2 Å². The fraction of sp³-hybridized carbons (Fsp3) is 0.133. The molecule has 0 saturated heterocycles. The van der Waals surface area contributed by atoms with Crippen LogP contribution in [0.25, 0.3) is 0 Å². The zero-order chi connectivity index (χ0) is 14.5. The lowest BCUT2D eigenvalue weighted by molar-refractivity contribution is -0.384. The number of hydrogen-bond donors (Lipinski definition) is 0. The van der Waals surface area contributed by atoms with Crippen LogP contribution in [0.1, 0.15) is 15.9 Å². The van der Waals surface area contributed by atoms with E-state index in [1.807, 2.05) is 31.2 Å². The second kappa shape index (κ2) is 6.34. The number of non-ortho nitro benzene ring substituents is 1. The van der Waals surface area contributed by atoms with Crippen molar-refractivity contribution in [1.29, 1.82) is 0 Å². The van der Waals surface area contributed by atoms with Gasteiger partial charge in [0.1, 0.15) is 0 Å². The monoisotopic (exact) mass is 287 g/mol. The minimum atomic E-state index is -0.477. The Hall–Kier alpha value is -2.14. The lowest BCUT2D eigenvalue weighted by Gasteiger charge is -2.02. The SMILES string of the molecule is Cc1ccc(SCC(=O)c2ccc([N+](=O)[O-])cc2)cc1. The van der Waals surface area contributed by atoms with Crippen LogP contribution in [0.5, 0.6) is 0 Å². The first-order valence-electron chi connectivity index (χ1n) is 6.03. The van der Waals surface area contributed by atoms with Crippen molar-refractivity contribution >= 4 is 23.2 Å². The maximum Gasteiger partial charge on any atom is 0.269 e. The molecule has 0 heterocycles. The van der Waals surface area contributed by atoms with Crippen LogP contribution in [0.2, 0.25) is 0 Å². The predicted octanol–water partition coefficient (Wildman–Crippen LogP) is 3.88. The second-order valence-electron chi connectivity index (χ2n) is 4.33. The average Bonchev–Trinajstić information content (AvgIpc) is 2.46. The van der Waals surface area contributed by atoms with E-state index >= 15 is 0 Å². The first kappa shape index (κ1) is 14.3. The van der Waals surface area contributed by atoms with Crippen molar-refractivity contribution in [3.8, 4) is 0 Å². The number of nitro benzene ring substituents is 1. The third kappa shape index (κ3) is 3.68. The molecule has 0 unspecified atom stereocenters. The zero-order valence-electron chi connectivity index (χ0n) is 10.9. The number of nitrogens with zero attached hydrogens (tertiary/aromatic N) is 1. The molecule has 0 amide bonds. The molecular formula is C15H13NO3S. The van der Waals surface area contributed by atoms with E-state index in [4.69, 9.17) is 0 Å². The molecule has 2 aromatic carbocycles. The van der Waals surface area contributed by atoms with Crippen LogP contribution in [0.3, 0.4) is 0 Å². The zero-order valence-corrected chi connectivity index (χ0v) is 11.7. The first-order valence-corrected chi connectivity index (χ1v) is 7.02. The molecule has 0 aliphatic carbocycles. The van der Waals surface area contributed by atoms with Crippen molar-refractivity contribution in [2.75, 3.05) is 5.75 Å². The van der Waals surface area contributed by atoms with Crippen LogP contribution in [-0.2, 0) is 0 Å². The number of Topliss-reactive ketones (excluding diaryl/α,β-unsaturated/α-hetero) is 1. The summed E-state index contributed by atoms with van der Waals surface area (Å²) in [5, 5.41) is 10.5. The molecule has 0 aromatic heterocycles. The molecule has 20 heavy (non-hydrogen) atoms. The Morgan fingerprint density at radius 1 is 1.10 bits per heavy atom. The maximum absolute atomic E-state index is 12.0. The van der Waals surface area contributed by atoms with E-state index in [1.54, 1.807) is 0 Å². The van der Waals surface area contributed by atoms with Crippen LogP contribution >= 0.6 is 11.8 Å². The largest absolute Gasteiger partial charge is 0.293 e. The topological polar surface area (TPSA) is 60.2 Å². The van der Waals surface area contributed by atoms with E-state index in [2.05, 4.69) is 0 Å². The molecule has 2 aromatic rings. The Morgan fingerprint density at radius 3 is 2.25 bits per heavy atom. The minimum Gasteiger partial charge on any atom is -0.293 e. The summed E-state index contributed by atoms with van der Waals surface area (Å²) in [6.45, 7) is 2.01. The fourth-order valence-electron chi connectivity index (χ4n) is 1.64. The number of hydrogen-bond acceptors (Lipinski definition) is 4. The summed E-state index contributed by atoms with van der Waals surface area (Å²) in [5.41, 5.74) is 1.67. The Bertz CT molecular complexity index is 621. The van der Waals surface area contributed by atoms with Gasteiger partial charge in [-0.15, -0.1) is 11.8 Å². The Morgan fingerprint density at radius 2 is 1.70 bits per heavy atom. The summed E-state index contributed by atoms with van der Waals surface area (Å²) >= 11 is 1.46. The Kier molecular flexibility index (Phi) is 4.53. The molecule has 102 valence electrons. The van der Waals surface area contributed by atoms with Crippen molar-refractivity contribution in [1.82, 2.24) is 0 Å². The lowest BCUT2D eigenvalue weighted by atomic mass is 10.1. The smallest absolute Gasteiger partial charge is 0.269 e. The average molecular weight is 287 g/mol. The number of nitro groups is 1. The second-order valence-corrected chi connectivity index (χ2v) is 5.38. The van der Waals surface area contributed by atoms with Gasteiger partial charge in [-0.25, -0.2) is 0 Å². The van der Waals surface area contributed by atoms with Crippen LogP contribution in [0, 0.1) is 17.0 Å². The van der Waals surface area contributed by atoms with Crippen molar-refractivity contribution in [2.45, 2.75) is 11.8 Å². The van der Waals surface area contributed by atoms with Gasteiger partial charge < -0.3 is 0 Å². The molecule has 2 rings (SSSR count). The lowest BCUT2D eigenvalue weighted by Crippen LogP contribution is -2.02. The number of carbonyl (C=O) groups is 1. The van der Waals surface area contributed by atoms with Gasteiger partial charge in [0.25, 0.3) is 5.69 Å². The number of carbonyl (C=O) groups excluding carboxylic acids is 1. The number of ketones is 1. The minimum absolute atomic E-state index is 0.00672. The van der Waals surface area contributed by atoms with E-state index in [9.17, 15) is 14.9 Å². The highest BCUT2D eigenvalue weighted by Crippen LogP contribution is 2.20. The van der Waals surface area contributed by atoms with Crippen molar-refractivity contribution < 1.29 is 9.72 Å². The molecule has 0 aliphatic heterocycles. The van der Waals surface area contributed by atoms with Crippen molar-refractivity contribution in [2.24, 2.45) is 0 Å². The predicted molar refractivity (Wildman–Crippen MR) is 79.3 cm³/mol. The number of benzene rings is 2. The normalized spacial score (nSPS) is 10.2. The van der Waals surface area contributed by atoms with Crippen LogP contribution < -0.4 is 0 Å². The van der Waals surface area contributed by atoms with Gasteiger partial charge in [-0.3, -0.25) is 14.9 Å². The van der Waals surface area contributed by atoms with Gasteiger partial charge in [0, 0.05) is 22.6 Å². The maximum atomic E-state index is 12.0. The molecule has 0 bridgehead atoms. The molecular weight excluding hydrogens is 274 g/mol. The number of aryl methyl sites for hydroxylation is 1. The van der Waals surface area contributed by atoms with Gasteiger partial charge in [0.05, 0.1) is 10.7 Å². The molecule has 4 nitrogen and oxygen atoms in total. The third-order valence-electron chi connectivity index (χ3n) is 2.79. The number of rotatable bonds is 5. The van der Waals surface area contributed by atoms with Crippen LogP contribution in [-0.4, -0.2) is 16.5 Å². The van der Waals surface area contributed by atoms with Crippen molar-refractivity contribution in [3.05, 3.63) is 69.8 Å². The van der Waals surface area contributed by atoms with E-state index in [1.165, 1.54) is 41.6 Å². The third-order valence-corrected chi connectivity index (χ3v) is 3.80. The van der Waals surface area contributed by atoms with Gasteiger partial charge in [-0.2, -0.15) is 0 Å². The van der Waals surface area contributed by atoms with Gasteiger partial charge >= 0.3 is 0 Å². The van der Waals surface area contributed by atoms with E-state index in [0.717, 1.165) is 4.90 Å². The summed E-state index contributed by atoms with van der Waals surface area (Å²) < 4.78 is 0. The van der Waals surface area contributed by atoms with Crippen LogP contribution in [0.4, 0.5) is 5.69 Å². The standard InChI is InChI=1S/C15H13NO3S/c1-11-2-8-14(9-3-11)20-10-15(17)12-4-6-13(7-5-12)16(18)19/h2-9H,10H2,1H3. The van der Waals surface area contributed by atoms with E-state index in [-0.39, 0.29) is 11.5 Å². The molecule has 0 atom stereocenters. The highest BCUT2D eigenvalue weighted by Gasteiger charge is 2.09. The Labute approximate surface area is 121 Å². The molecule has 0 fully saturated rings. The van der Waals surface area contributed by atoms with Gasteiger partial charge in [0.15, 0.2) is 5.78 Å². The summed E-state index contributed by atoms with van der Waals surface area (Å²) in [4.78, 5) is 23.1. The summed E-state index contributed by atoms with van der Waals surface area (Å²) in [5.74, 6) is 0.284. The highest BCUT2D eigenvalue weighted by molar-refractivity contribution is 8.00.